The number of nitrogens with one attached hydrogen (secondary N) is 1. The van der Waals surface area contributed by atoms with Crippen molar-refractivity contribution in [2.45, 2.75) is 78.2 Å². The summed E-state index contributed by atoms with van der Waals surface area (Å²) in [5.74, 6) is 0.712. The van der Waals surface area contributed by atoms with Crippen molar-refractivity contribution < 1.29 is 4.74 Å². The van der Waals surface area contributed by atoms with Crippen molar-refractivity contribution >= 4 is 0 Å². The van der Waals surface area contributed by atoms with Crippen molar-refractivity contribution in [1.29, 1.82) is 0 Å². The van der Waals surface area contributed by atoms with E-state index in [0.717, 1.165) is 32.8 Å². The molecule has 1 atom stereocenters. The lowest BCUT2D eigenvalue weighted by Gasteiger charge is -2.37. The number of unbranched alkanes of at least 4 members (excludes halogenated alkanes) is 7. The molecule has 3 nitrogen and oxygen atoms in total. The smallest absolute Gasteiger partial charge is 0.0594 e. The van der Waals surface area contributed by atoms with Crippen LogP contribution in [0, 0.1) is 5.92 Å². The van der Waals surface area contributed by atoms with Crippen LogP contribution in [0.1, 0.15) is 72.1 Å². The van der Waals surface area contributed by atoms with Gasteiger partial charge in [-0.2, -0.15) is 0 Å². The molecule has 0 spiro atoms. The quantitative estimate of drug-likeness (QED) is 0.519. The van der Waals surface area contributed by atoms with Gasteiger partial charge in [-0.15, -0.1) is 0 Å². The first-order valence-corrected chi connectivity index (χ1v) is 9.78. The van der Waals surface area contributed by atoms with Crippen LogP contribution in [0.5, 0.6) is 0 Å². The third-order valence-electron chi connectivity index (χ3n) is 4.84. The zero-order chi connectivity index (χ0) is 16.0. The van der Waals surface area contributed by atoms with Gasteiger partial charge in [-0.3, -0.25) is 4.90 Å². The van der Waals surface area contributed by atoms with Gasteiger partial charge in [-0.25, -0.2) is 0 Å². The topological polar surface area (TPSA) is 24.5 Å². The third-order valence-corrected chi connectivity index (χ3v) is 4.84. The standard InChI is InChI=1S/C19H40N2O/c1-4-5-6-7-8-9-10-11-12-20-17-19(18(2)3)21-13-15-22-16-14-21/h18-20H,4-17H2,1-3H3. The summed E-state index contributed by atoms with van der Waals surface area (Å²) in [4.78, 5) is 2.61. The Hall–Kier alpha value is -0.120. The van der Waals surface area contributed by atoms with Crippen LogP contribution >= 0.6 is 0 Å². The van der Waals surface area contributed by atoms with Gasteiger partial charge in [0.25, 0.3) is 0 Å². The fraction of sp³-hybridized carbons (Fsp3) is 1.00. The molecule has 22 heavy (non-hydrogen) atoms. The maximum Gasteiger partial charge on any atom is 0.0594 e. The first-order valence-electron chi connectivity index (χ1n) is 9.78. The van der Waals surface area contributed by atoms with Crippen molar-refractivity contribution in [3.8, 4) is 0 Å². The first-order chi connectivity index (χ1) is 10.8. The molecule has 0 aromatic rings. The average Bonchev–Trinajstić information content (AvgIpc) is 2.53. The summed E-state index contributed by atoms with van der Waals surface area (Å²) in [5.41, 5.74) is 0. The van der Waals surface area contributed by atoms with Crippen LogP contribution in [0.25, 0.3) is 0 Å². The second-order valence-corrected chi connectivity index (χ2v) is 7.14. The molecule has 0 aliphatic carbocycles. The highest BCUT2D eigenvalue weighted by molar-refractivity contribution is 4.78. The molecule has 1 aliphatic heterocycles. The Kier molecular flexibility index (Phi) is 12.1. The van der Waals surface area contributed by atoms with E-state index in [0.29, 0.717) is 12.0 Å². The van der Waals surface area contributed by atoms with Gasteiger partial charge in [0.05, 0.1) is 13.2 Å². The molecule has 0 amide bonds. The largest absolute Gasteiger partial charge is 0.379 e. The maximum atomic E-state index is 5.47. The molecule has 1 N–H and O–H groups in total. The minimum absolute atomic E-state index is 0.665. The van der Waals surface area contributed by atoms with Crippen molar-refractivity contribution in [2.75, 3.05) is 39.4 Å². The summed E-state index contributed by atoms with van der Waals surface area (Å²) in [6, 6.07) is 0.665. The molecule has 1 rings (SSSR count). The molecule has 0 bridgehead atoms. The Morgan fingerprint density at radius 2 is 1.50 bits per heavy atom. The van der Waals surface area contributed by atoms with Crippen molar-refractivity contribution in [2.24, 2.45) is 5.92 Å². The summed E-state index contributed by atoms with van der Waals surface area (Å²) < 4.78 is 5.47. The van der Waals surface area contributed by atoms with Gasteiger partial charge in [0.2, 0.25) is 0 Å². The summed E-state index contributed by atoms with van der Waals surface area (Å²) >= 11 is 0. The molecule has 0 aromatic carbocycles. The summed E-state index contributed by atoms with van der Waals surface area (Å²) in [5, 5.41) is 3.69. The Morgan fingerprint density at radius 3 is 2.09 bits per heavy atom. The zero-order valence-corrected chi connectivity index (χ0v) is 15.4. The molecule has 3 heteroatoms. The Bertz CT molecular complexity index is 240. The molecule has 1 fully saturated rings. The van der Waals surface area contributed by atoms with Crippen LogP contribution in [0.3, 0.4) is 0 Å². The molecule has 132 valence electrons. The van der Waals surface area contributed by atoms with Crippen LogP contribution in [0.2, 0.25) is 0 Å². The summed E-state index contributed by atoms with van der Waals surface area (Å²) in [6.07, 6.45) is 11.2. The van der Waals surface area contributed by atoms with E-state index < -0.39 is 0 Å². The van der Waals surface area contributed by atoms with E-state index in [1.54, 1.807) is 0 Å². The van der Waals surface area contributed by atoms with Crippen LogP contribution in [0.15, 0.2) is 0 Å². The van der Waals surface area contributed by atoms with E-state index in [-0.39, 0.29) is 0 Å². The van der Waals surface area contributed by atoms with Crippen molar-refractivity contribution in [1.82, 2.24) is 10.2 Å². The number of hydrogen-bond acceptors (Lipinski definition) is 3. The number of hydrogen-bond donors (Lipinski definition) is 1. The lowest BCUT2D eigenvalue weighted by Crippen LogP contribution is -2.50. The Morgan fingerprint density at radius 1 is 0.909 bits per heavy atom. The van der Waals surface area contributed by atoms with E-state index >= 15 is 0 Å². The van der Waals surface area contributed by atoms with Gasteiger partial charge in [-0.1, -0.05) is 65.7 Å². The summed E-state index contributed by atoms with van der Waals surface area (Å²) in [7, 11) is 0. The van der Waals surface area contributed by atoms with Gasteiger partial charge in [0, 0.05) is 25.7 Å². The SMILES string of the molecule is CCCCCCCCCCNCC(C(C)C)N1CCOCC1. The number of morpholine rings is 1. The molecular formula is C19H40N2O. The highest BCUT2D eigenvalue weighted by atomic mass is 16.5. The first kappa shape index (κ1) is 19.9. The normalized spacial score (nSPS) is 18.0. The second kappa shape index (κ2) is 13.3. The minimum atomic E-state index is 0.665. The molecule has 1 heterocycles. The van der Waals surface area contributed by atoms with E-state index in [1.165, 1.54) is 57.9 Å². The van der Waals surface area contributed by atoms with E-state index in [9.17, 15) is 0 Å². The molecule has 0 aromatic heterocycles. The Labute approximate surface area is 139 Å². The fourth-order valence-electron chi connectivity index (χ4n) is 3.33. The molecule has 0 saturated carbocycles. The van der Waals surface area contributed by atoms with Gasteiger partial charge in [0.1, 0.15) is 0 Å². The van der Waals surface area contributed by atoms with Gasteiger partial charge in [-0.05, 0) is 18.9 Å². The van der Waals surface area contributed by atoms with E-state index in [2.05, 4.69) is 31.0 Å². The van der Waals surface area contributed by atoms with E-state index in [4.69, 9.17) is 4.74 Å². The van der Waals surface area contributed by atoms with Crippen LogP contribution in [-0.2, 0) is 4.74 Å². The predicted octanol–water partition coefficient (Wildman–Crippen LogP) is 4.07. The molecule has 1 saturated heterocycles. The summed E-state index contributed by atoms with van der Waals surface area (Å²) in [6.45, 7) is 13.3. The highest BCUT2D eigenvalue weighted by Crippen LogP contribution is 2.12. The number of rotatable bonds is 13. The molecule has 0 radical (unpaired) electrons. The highest BCUT2D eigenvalue weighted by Gasteiger charge is 2.23. The lowest BCUT2D eigenvalue weighted by molar-refractivity contribution is 0.00658. The average molecular weight is 313 g/mol. The third kappa shape index (κ3) is 9.12. The lowest BCUT2D eigenvalue weighted by atomic mass is 10.0. The minimum Gasteiger partial charge on any atom is -0.379 e. The molecular weight excluding hydrogens is 272 g/mol. The van der Waals surface area contributed by atoms with Crippen molar-refractivity contribution in [3.63, 3.8) is 0 Å². The molecule has 1 aliphatic rings. The Balaban J connectivity index is 1.99. The number of nitrogens with zero attached hydrogens (tertiary/aromatic N) is 1. The van der Waals surface area contributed by atoms with Gasteiger partial charge < -0.3 is 10.1 Å². The fourth-order valence-corrected chi connectivity index (χ4v) is 3.33. The van der Waals surface area contributed by atoms with Crippen molar-refractivity contribution in [3.05, 3.63) is 0 Å². The molecule has 1 unspecified atom stereocenters. The van der Waals surface area contributed by atoms with Crippen LogP contribution in [0.4, 0.5) is 0 Å². The second-order valence-electron chi connectivity index (χ2n) is 7.14. The van der Waals surface area contributed by atoms with Crippen LogP contribution in [-0.4, -0.2) is 50.3 Å². The van der Waals surface area contributed by atoms with E-state index in [1.807, 2.05) is 0 Å². The van der Waals surface area contributed by atoms with Gasteiger partial charge >= 0.3 is 0 Å². The predicted molar refractivity (Wildman–Crippen MR) is 96.5 cm³/mol. The maximum absolute atomic E-state index is 5.47. The number of ether oxygens (including phenoxy) is 1. The van der Waals surface area contributed by atoms with Gasteiger partial charge in [0.15, 0.2) is 0 Å². The monoisotopic (exact) mass is 312 g/mol. The van der Waals surface area contributed by atoms with Crippen LogP contribution < -0.4 is 5.32 Å². The zero-order valence-electron chi connectivity index (χ0n) is 15.4.